The predicted octanol–water partition coefficient (Wildman–Crippen LogP) is 3.40. The first-order valence-electron chi connectivity index (χ1n) is 8.53. The molecule has 1 aromatic carbocycles. The van der Waals surface area contributed by atoms with Crippen molar-refractivity contribution in [2.45, 2.75) is 45.1 Å². The molecule has 1 fully saturated rings. The first kappa shape index (κ1) is 20.2. The van der Waals surface area contributed by atoms with Crippen molar-refractivity contribution >= 4 is 12.6 Å². The van der Waals surface area contributed by atoms with Gasteiger partial charge in [0.05, 0.1) is 22.8 Å². The Labute approximate surface area is 160 Å². The van der Waals surface area contributed by atoms with Crippen LogP contribution >= 0.6 is 0 Å². The summed E-state index contributed by atoms with van der Waals surface area (Å²) in [4.78, 5) is 0. The van der Waals surface area contributed by atoms with Gasteiger partial charge in [0.15, 0.2) is 5.69 Å². The summed E-state index contributed by atoms with van der Waals surface area (Å²) in [6, 6.07) is 7.39. The van der Waals surface area contributed by atoms with Crippen LogP contribution in [0.4, 0.5) is 13.2 Å². The number of aryl methyl sites for hydroxylation is 1. The van der Waals surface area contributed by atoms with Crippen molar-refractivity contribution in [1.82, 2.24) is 9.78 Å². The van der Waals surface area contributed by atoms with Gasteiger partial charge in [0.2, 0.25) is 5.88 Å². The van der Waals surface area contributed by atoms with E-state index in [0.29, 0.717) is 5.46 Å². The highest BCUT2D eigenvalue weighted by Gasteiger charge is 2.52. The molecule has 0 bridgehead atoms. The Hall–Kier alpha value is -2.51. The summed E-state index contributed by atoms with van der Waals surface area (Å²) in [6.07, 6.45) is -4.59. The zero-order chi connectivity index (χ0) is 20.9. The van der Waals surface area contributed by atoms with Crippen molar-refractivity contribution in [1.29, 1.82) is 5.26 Å². The van der Waals surface area contributed by atoms with Crippen LogP contribution in [0.5, 0.6) is 11.6 Å². The van der Waals surface area contributed by atoms with E-state index in [1.807, 2.05) is 33.8 Å². The maximum atomic E-state index is 12.9. The molecule has 28 heavy (non-hydrogen) atoms. The quantitative estimate of drug-likeness (QED) is 0.748. The van der Waals surface area contributed by atoms with Gasteiger partial charge in [-0.25, -0.2) is 4.68 Å². The van der Waals surface area contributed by atoms with E-state index in [2.05, 4.69) is 5.10 Å². The zero-order valence-electron chi connectivity index (χ0n) is 16.1. The third-order valence-corrected chi connectivity index (χ3v) is 4.99. The minimum atomic E-state index is -4.59. The van der Waals surface area contributed by atoms with Crippen LogP contribution in [0.1, 0.15) is 39.0 Å². The van der Waals surface area contributed by atoms with Gasteiger partial charge < -0.3 is 14.0 Å². The molecule has 2 heterocycles. The second-order valence-electron chi connectivity index (χ2n) is 7.54. The summed E-state index contributed by atoms with van der Waals surface area (Å²) in [5.41, 5.74) is -1.54. The summed E-state index contributed by atoms with van der Waals surface area (Å²) in [7, 11) is 0.538. The minimum absolute atomic E-state index is 0.125. The molecule has 148 valence electrons. The van der Waals surface area contributed by atoms with Crippen molar-refractivity contribution in [3.05, 3.63) is 35.5 Å². The fourth-order valence-electron chi connectivity index (χ4n) is 2.65. The lowest BCUT2D eigenvalue weighted by molar-refractivity contribution is -0.141. The lowest BCUT2D eigenvalue weighted by Crippen LogP contribution is -2.41. The molecule has 1 saturated heterocycles. The third-order valence-electron chi connectivity index (χ3n) is 4.99. The fourth-order valence-corrected chi connectivity index (χ4v) is 2.65. The van der Waals surface area contributed by atoms with E-state index >= 15 is 0 Å². The van der Waals surface area contributed by atoms with Crippen molar-refractivity contribution < 1.29 is 27.2 Å². The molecule has 0 N–H and O–H groups in total. The van der Waals surface area contributed by atoms with Crippen LogP contribution in [-0.2, 0) is 22.5 Å². The molecule has 2 aromatic rings. The molecular weight excluding hydrogens is 374 g/mol. The molecule has 0 saturated carbocycles. The van der Waals surface area contributed by atoms with E-state index in [9.17, 15) is 18.4 Å². The Morgan fingerprint density at radius 3 is 2.25 bits per heavy atom. The van der Waals surface area contributed by atoms with E-state index in [0.717, 1.165) is 10.7 Å². The van der Waals surface area contributed by atoms with Gasteiger partial charge >= 0.3 is 13.3 Å². The smallest absolute Gasteiger partial charge is 0.440 e. The number of aromatic nitrogens is 2. The van der Waals surface area contributed by atoms with Gasteiger partial charge in [0.25, 0.3) is 0 Å². The lowest BCUT2D eigenvalue weighted by atomic mass is 9.78. The van der Waals surface area contributed by atoms with Gasteiger partial charge in [0.1, 0.15) is 5.75 Å². The summed E-state index contributed by atoms with van der Waals surface area (Å²) in [6.45, 7) is 7.53. The van der Waals surface area contributed by atoms with E-state index in [4.69, 9.17) is 14.0 Å². The Kier molecular flexibility index (Phi) is 4.72. The molecule has 0 amide bonds. The average Bonchev–Trinajstić information content (AvgIpc) is 3.04. The molecule has 1 aromatic heterocycles. The van der Waals surface area contributed by atoms with Crippen LogP contribution in [-0.4, -0.2) is 28.1 Å². The molecule has 0 radical (unpaired) electrons. The standard InChI is InChI=1S/C18H19BF3N3O3/c1-16(2)17(3,4)28-19(27-16)12-7-6-11(10-23)8-13(12)26-15-9-14(18(20,21)22)24-25(15)5/h6-9H,1-5H3. The lowest BCUT2D eigenvalue weighted by Gasteiger charge is -2.32. The molecule has 1 aliphatic heterocycles. The summed E-state index contributed by atoms with van der Waals surface area (Å²) >= 11 is 0. The van der Waals surface area contributed by atoms with Crippen LogP contribution in [0.3, 0.4) is 0 Å². The number of rotatable bonds is 3. The Bertz CT molecular complexity index is 932. The molecule has 0 unspecified atom stereocenters. The maximum absolute atomic E-state index is 12.9. The van der Waals surface area contributed by atoms with E-state index in [1.165, 1.54) is 13.1 Å². The molecule has 1 aliphatic rings. The first-order chi connectivity index (χ1) is 12.8. The highest BCUT2D eigenvalue weighted by molar-refractivity contribution is 6.63. The molecular formula is C18H19BF3N3O3. The average molecular weight is 393 g/mol. The van der Waals surface area contributed by atoms with Crippen LogP contribution in [0.2, 0.25) is 0 Å². The second kappa shape index (κ2) is 6.53. The summed E-state index contributed by atoms with van der Waals surface area (Å²) in [5.74, 6) is 0.0365. The van der Waals surface area contributed by atoms with Gasteiger partial charge in [-0.3, -0.25) is 0 Å². The summed E-state index contributed by atoms with van der Waals surface area (Å²) < 4.78 is 57.4. The number of nitriles is 1. The van der Waals surface area contributed by atoms with Crippen molar-refractivity contribution in [2.24, 2.45) is 7.05 Å². The SMILES string of the molecule is Cn1nc(C(F)(F)F)cc1Oc1cc(C#N)ccc1B1OC(C)(C)C(C)(C)O1. The summed E-state index contributed by atoms with van der Waals surface area (Å²) in [5, 5.41) is 12.6. The van der Waals surface area contributed by atoms with Crippen LogP contribution < -0.4 is 10.2 Å². The van der Waals surface area contributed by atoms with Gasteiger partial charge in [-0.2, -0.15) is 23.5 Å². The Balaban J connectivity index is 2.00. The van der Waals surface area contributed by atoms with Gasteiger partial charge in [-0.05, 0) is 39.8 Å². The van der Waals surface area contributed by atoms with E-state index in [1.54, 1.807) is 12.1 Å². The van der Waals surface area contributed by atoms with Gasteiger partial charge in [-0.15, -0.1) is 0 Å². The van der Waals surface area contributed by atoms with Crippen LogP contribution in [0.15, 0.2) is 24.3 Å². The largest absolute Gasteiger partial charge is 0.498 e. The number of hydrogen-bond acceptors (Lipinski definition) is 5. The number of benzene rings is 1. The van der Waals surface area contributed by atoms with Gasteiger partial charge in [0, 0.05) is 18.6 Å². The van der Waals surface area contributed by atoms with Crippen molar-refractivity contribution in [3.63, 3.8) is 0 Å². The van der Waals surface area contributed by atoms with Gasteiger partial charge in [-0.1, -0.05) is 6.07 Å². The number of halogens is 3. The second-order valence-corrected chi connectivity index (χ2v) is 7.54. The molecule has 6 nitrogen and oxygen atoms in total. The maximum Gasteiger partial charge on any atom is 0.498 e. The fraction of sp³-hybridized carbons (Fsp3) is 0.444. The Morgan fingerprint density at radius 1 is 1.14 bits per heavy atom. The number of nitrogens with zero attached hydrogens (tertiary/aromatic N) is 3. The normalized spacial score (nSPS) is 18.2. The minimum Gasteiger partial charge on any atom is -0.440 e. The molecule has 10 heteroatoms. The van der Waals surface area contributed by atoms with Crippen LogP contribution in [0, 0.1) is 11.3 Å². The first-order valence-corrected chi connectivity index (χ1v) is 8.53. The number of hydrogen-bond donors (Lipinski definition) is 0. The Morgan fingerprint density at radius 2 is 1.75 bits per heavy atom. The zero-order valence-corrected chi connectivity index (χ0v) is 16.1. The monoisotopic (exact) mass is 393 g/mol. The van der Waals surface area contributed by atoms with E-state index in [-0.39, 0.29) is 17.2 Å². The molecule has 0 atom stereocenters. The van der Waals surface area contributed by atoms with E-state index < -0.39 is 30.2 Å². The predicted molar refractivity (Wildman–Crippen MR) is 95.2 cm³/mol. The number of ether oxygens (including phenoxy) is 1. The van der Waals surface area contributed by atoms with Crippen molar-refractivity contribution in [3.8, 4) is 17.7 Å². The number of alkyl halides is 3. The van der Waals surface area contributed by atoms with Crippen LogP contribution in [0.25, 0.3) is 0 Å². The molecule has 0 spiro atoms. The third kappa shape index (κ3) is 3.60. The highest BCUT2D eigenvalue weighted by Crippen LogP contribution is 2.38. The topological polar surface area (TPSA) is 69.3 Å². The molecule has 3 rings (SSSR count). The molecule has 0 aliphatic carbocycles. The highest BCUT2D eigenvalue weighted by atomic mass is 19.4. The van der Waals surface area contributed by atoms with Crippen molar-refractivity contribution in [2.75, 3.05) is 0 Å².